The molecule has 3 rings (SSSR count). The Morgan fingerprint density at radius 3 is 2.91 bits per heavy atom. The first-order valence-electron chi connectivity index (χ1n) is 7.05. The fraction of sp³-hybridized carbons (Fsp3) is 0.500. The third-order valence-electron chi connectivity index (χ3n) is 3.91. The molecular weight excluding hydrogens is 308 g/mol. The normalized spacial score (nSPS) is 21.5. The number of H-pyrrole nitrogens is 1. The molecule has 7 nitrogen and oxygen atoms in total. The lowest BCUT2D eigenvalue weighted by Crippen LogP contribution is -2.30. The SMILES string of the molecule is Cc1cc(CC2CN(C(=O)c3n[nH]c(C)c3Cl)CC2O)on1. The Kier molecular flexibility index (Phi) is 3.92. The van der Waals surface area contributed by atoms with Crippen molar-refractivity contribution >= 4 is 17.5 Å². The number of hydrogen-bond donors (Lipinski definition) is 2. The quantitative estimate of drug-likeness (QED) is 0.888. The second kappa shape index (κ2) is 5.73. The van der Waals surface area contributed by atoms with Gasteiger partial charge in [-0.3, -0.25) is 9.89 Å². The summed E-state index contributed by atoms with van der Waals surface area (Å²) in [6, 6.07) is 1.84. The van der Waals surface area contributed by atoms with Crippen LogP contribution >= 0.6 is 11.6 Å². The predicted octanol–water partition coefficient (Wildman–Crippen LogP) is 1.34. The van der Waals surface area contributed by atoms with E-state index < -0.39 is 6.10 Å². The van der Waals surface area contributed by atoms with E-state index in [0.29, 0.717) is 29.4 Å². The first-order chi connectivity index (χ1) is 10.5. The highest BCUT2D eigenvalue weighted by molar-refractivity contribution is 6.34. The maximum atomic E-state index is 12.4. The van der Waals surface area contributed by atoms with Gasteiger partial charge in [-0.2, -0.15) is 5.10 Å². The Morgan fingerprint density at radius 1 is 1.55 bits per heavy atom. The molecular formula is C14H17ClN4O3. The first-order valence-corrected chi connectivity index (χ1v) is 7.43. The van der Waals surface area contributed by atoms with Crippen molar-refractivity contribution in [1.29, 1.82) is 0 Å². The molecule has 0 saturated carbocycles. The van der Waals surface area contributed by atoms with Gasteiger partial charge in [0, 0.05) is 31.5 Å². The number of amides is 1. The molecule has 0 spiro atoms. The van der Waals surface area contributed by atoms with Gasteiger partial charge in [0.2, 0.25) is 0 Å². The Hall–Kier alpha value is -1.86. The van der Waals surface area contributed by atoms with Gasteiger partial charge in [0.1, 0.15) is 5.76 Å². The van der Waals surface area contributed by atoms with Crippen LogP contribution in [0.3, 0.4) is 0 Å². The van der Waals surface area contributed by atoms with E-state index in [9.17, 15) is 9.90 Å². The molecule has 2 aromatic heterocycles. The number of aromatic amines is 1. The number of β-amino-alcohol motifs (C(OH)–C–C–N with tert-alkyl or cyclic N) is 1. The van der Waals surface area contributed by atoms with E-state index in [1.165, 1.54) is 0 Å². The molecule has 0 radical (unpaired) electrons. The number of aliphatic hydroxyl groups is 1. The molecule has 0 aliphatic carbocycles. The predicted molar refractivity (Wildman–Crippen MR) is 78.7 cm³/mol. The molecule has 2 N–H and O–H groups in total. The summed E-state index contributed by atoms with van der Waals surface area (Å²) >= 11 is 6.06. The molecule has 8 heteroatoms. The second-order valence-corrected chi connectivity index (χ2v) is 6.07. The molecule has 2 atom stereocenters. The number of carbonyl (C=O) groups is 1. The lowest BCUT2D eigenvalue weighted by Gasteiger charge is -2.14. The summed E-state index contributed by atoms with van der Waals surface area (Å²) in [5.74, 6) is 0.351. The van der Waals surface area contributed by atoms with Gasteiger partial charge >= 0.3 is 0 Å². The van der Waals surface area contributed by atoms with Crippen molar-refractivity contribution in [2.24, 2.45) is 5.92 Å². The standard InChI is InChI=1S/C14H17ClN4O3/c1-7-3-10(22-18-7)4-9-5-19(6-11(9)20)14(21)13-12(15)8(2)16-17-13/h3,9,11,20H,4-6H2,1-2H3,(H,16,17). The van der Waals surface area contributed by atoms with Crippen LogP contribution in [0.5, 0.6) is 0 Å². The number of carbonyl (C=O) groups excluding carboxylic acids is 1. The minimum absolute atomic E-state index is 0.0879. The maximum absolute atomic E-state index is 12.4. The van der Waals surface area contributed by atoms with E-state index >= 15 is 0 Å². The van der Waals surface area contributed by atoms with Gasteiger partial charge < -0.3 is 14.5 Å². The van der Waals surface area contributed by atoms with E-state index in [-0.39, 0.29) is 24.1 Å². The van der Waals surface area contributed by atoms with Crippen LogP contribution in [-0.2, 0) is 6.42 Å². The van der Waals surface area contributed by atoms with Gasteiger partial charge in [0.25, 0.3) is 5.91 Å². The molecule has 2 aromatic rings. The van der Waals surface area contributed by atoms with Crippen LogP contribution in [0.25, 0.3) is 0 Å². The van der Waals surface area contributed by atoms with Gasteiger partial charge in [-0.15, -0.1) is 0 Å². The number of nitrogens with one attached hydrogen (secondary N) is 1. The van der Waals surface area contributed by atoms with Crippen LogP contribution in [0.4, 0.5) is 0 Å². The Morgan fingerprint density at radius 2 is 2.32 bits per heavy atom. The van der Waals surface area contributed by atoms with Crippen molar-refractivity contribution in [3.05, 3.63) is 33.9 Å². The van der Waals surface area contributed by atoms with E-state index in [0.717, 1.165) is 5.69 Å². The third-order valence-corrected chi connectivity index (χ3v) is 4.37. The van der Waals surface area contributed by atoms with Crippen LogP contribution < -0.4 is 0 Å². The van der Waals surface area contributed by atoms with Crippen LogP contribution in [0.2, 0.25) is 5.02 Å². The van der Waals surface area contributed by atoms with E-state index in [1.54, 1.807) is 11.8 Å². The van der Waals surface area contributed by atoms with Crippen molar-refractivity contribution in [3.63, 3.8) is 0 Å². The molecule has 22 heavy (non-hydrogen) atoms. The summed E-state index contributed by atoms with van der Waals surface area (Å²) in [6.45, 7) is 4.29. The Labute approximate surface area is 132 Å². The minimum Gasteiger partial charge on any atom is -0.391 e. The summed E-state index contributed by atoms with van der Waals surface area (Å²) in [5.41, 5.74) is 1.65. The average Bonchev–Trinajstić information content (AvgIpc) is 3.13. The van der Waals surface area contributed by atoms with Crippen molar-refractivity contribution in [1.82, 2.24) is 20.3 Å². The third kappa shape index (κ3) is 2.74. The van der Waals surface area contributed by atoms with E-state index in [2.05, 4.69) is 15.4 Å². The lowest BCUT2D eigenvalue weighted by atomic mass is 10.0. The summed E-state index contributed by atoms with van der Waals surface area (Å²) in [5, 5.41) is 21.0. The zero-order valence-corrected chi connectivity index (χ0v) is 13.1. The van der Waals surface area contributed by atoms with Gasteiger partial charge in [0.15, 0.2) is 5.69 Å². The number of nitrogens with zero attached hydrogens (tertiary/aromatic N) is 3. The minimum atomic E-state index is -0.604. The highest BCUT2D eigenvalue weighted by Gasteiger charge is 2.36. The van der Waals surface area contributed by atoms with Crippen LogP contribution in [-0.4, -0.2) is 50.5 Å². The summed E-state index contributed by atoms with van der Waals surface area (Å²) < 4.78 is 5.17. The largest absolute Gasteiger partial charge is 0.391 e. The Bertz CT molecular complexity index is 696. The number of aromatic nitrogens is 3. The van der Waals surface area contributed by atoms with Gasteiger partial charge in [-0.25, -0.2) is 0 Å². The van der Waals surface area contributed by atoms with Crippen LogP contribution in [0, 0.1) is 19.8 Å². The number of hydrogen-bond acceptors (Lipinski definition) is 5. The molecule has 1 aliphatic rings. The molecule has 1 amide bonds. The highest BCUT2D eigenvalue weighted by atomic mass is 35.5. The number of rotatable bonds is 3. The molecule has 3 heterocycles. The number of halogens is 1. The first kappa shape index (κ1) is 15.1. The number of likely N-dealkylation sites (tertiary alicyclic amines) is 1. The van der Waals surface area contributed by atoms with E-state index in [1.807, 2.05) is 13.0 Å². The number of aryl methyl sites for hydroxylation is 2. The fourth-order valence-electron chi connectivity index (χ4n) is 2.70. The smallest absolute Gasteiger partial charge is 0.276 e. The van der Waals surface area contributed by atoms with E-state index in [4.69, 9.17) is 16.1 Å². The zero-order valence-electron chi connectivity index (χ0n) is 12.3. The molecule has 1 aliphatic heterocycles. The molecule has 1 fully saturated rings. The lowest BCUT2D eigenvalue weighted by molar-refractivity contribution is 0.0759. The summed E-state index contributed by atoms with van der Waals surface area (Å²) in [4.78, 5) is 14.0. The van der Waals surface area contributed by atoms with Gasteiger partial charge in [-0.05, 0) is 13.8 Å². The Balaban J connectivity index is 1.70. The van der Waals surface area contributed by atoms with Crippen molar-refractivity contribution < 1.29 is 14.4 Å². The molecule has 0 bridgehead atoms. The number of aliphatic hydroxyl groups excluding tert-OH is 1. The monoisotopic (exact) mass is 324 g/mol. The van der Waals surface area contributed by atoms with Crippen molar-refractivity contribution in [2.45, 2.75) is 26.4 Å². The maximum Gasteiger partial charge on any atom is 0.276 e. The van der Waals surface area contributed by atoms with Crippen molar-refractivity contribution in [3.8, 4) is 0 Å². The van der Waals surface area contributed by atoms with Crippen molar-refractivity contribution in [2.75, 3.05) is 13.1 Å². The molecule has 0 aromatic carbocycles. The summed E-state index contributed by atoms with van der Waals surface area (Å²) in [7, 11) is 0. The average molecular weight is 325 g/mol. The summed E-state index contributed by atoms with van der Waals surface area (Å²) in [6.07, 6.45) is -0.0628. The molecule has 118 valence electrons. The molecule has 1 saturated heterocycles. The van der Waals surface area contributed by atoms with Crippen LogP contribution in [0.15, 0.2) is 10.6 Å². The van der Waals surface area contributed by atoms with Crippen LogP contribution in [0.1, 0.15) is 27.6 Å². The zero-order chi connectivity index (χ0) is 15.9. The molecule has 2 unspecified atom stereocenters. The highest BCUT2D eigenvalue weighted by Crippen LogP contribution is 2.25. The fourth-order valence-corrected chi connectivity index (χ4v) is 2.86. The second-order valence-electron chi connectivity index (χ2n) is 5.69. The topological polar surface area (TPSA) is 95.2 Å². The van der Waals surface area contributed by atoms with Gasteiger partial charge in [0.05, 0.1) is 22.5 Å². The van der Waals surface area contributed by atoms with Gasteiger partial charge in [-0.1, -0.05) is 16.8 Å².